The number of likely N-dealkylation sites (tertiary alicyclic amines) is 1. The van der Waals surface area contributed by atoms with E-state index in [1.807, 2.05) is 7.05 Å². The number of nitrogens with one attached hydrogen (secondary N) is 1. The van der Waals surface area contributed by atoms with Crippen LogP contribution in [0.2, 0.25) is 0 Å². The van der Waals surface area contributed by atoms with Gasteiger partial charge in [-0.3, -0.25) is 14.5 Å². The molecular weight excluding hydrogens is 244 g/mol. The van der Waals surface area contributed by atoms with Crippen LogP contribution in [0.3, 0.4) is 0 Å². The molecule has 3 atom stereocenters. The van der Waals surface area contributed by atoms with Crippen LogP contribution in [0.1, 0.15) is 26.2 Å². The molecule has 2 rings (SSSR count). The number of hydrogen-bond acceptors (Lipinski definition) is 4. The molecule has 3 unspecified atom stereocenters. The number of likely N-dealkylation sites (N-methyl/N-ethyl adjacent to an activating group) is 1. The minimum absolute atomic E-state index is 0.0127. The fraction of sp³-hybridized carbons (Fsp3) is 0.857. The van der Waals surface area contributed by atoms with Gasteiger partial charge in [0, 0.05) is 19.7 Å². The summed E-state index contributed by atoms with van der Waals surface area (Å²) >= 11 is 0. The molecule has 5 heteroatoms. The summed E-state index contributed by atoms with van der Waals surface area (Å²) < 4.78 is 5.09. The molecular formula is C14H24N2O3. The molecule has 108 valence electrons. The van der Waals surface area contributed by atoms with E-state index in [-0.39, 0.29) is 29.7 Å². The van der Waals surface area contributed by atoms with Crippen LogP contribution in [0.15, 0.2) is 0 Å². The van der Waals surface area contributed by atoms with Gasteiger partial charge in [0.15, 0.2) is 0 Å². The van der Waals surface area contributed by atoms with E-state index in [9.17, 15) is 9.59 Å². The highest BCUT2D eigenvalue weighted by molar-refractivity contribution is 6.05. The minimum atomic E-state index is -0.0579. The van der Waals surface area contributed by atoms with E-state index in [0.29, 0.717) is 19.1 Å². The van der Waals surface area contributed by atoms with Crippen LogP contribution in [0.25, 0.3) is 0 Å². The number of rotatable bonds is 6. The van der Waals surface area contributed by atoms with Crippen molar-refractivity contribution in [2.45, 2.75) is 32.2 Å². The Labute approximate surface area is 114 Å². The van der Waals surface area contributed by atoms with Crippen LogP contribution in [-0.2, 0) is 14.3 Å². The van der Waals surface area contributed by atoms with Gasteiger partial charge in [-0.2, -0.15) is 0 Å². The quantitative estimate of drug-likeness (QED) is 0.718. The first kappa shape index (κ1) is 14.5. The summed E-state index contributed by atoms with van der Waals surface area (Å²) in [5.74, 6) is 0.490. The number of fused-ring (bicyclic) bond motifs is 1. The average molecular weight is 268 g/mol. The molecule has 5 nitrogen and oxygen atoms in total. The van der Waals surface area contributed by atoms with Crippen molar-refractivity contribution in [2.75, 3.05) is 27.3 Å². The van der Waals surface area contributed by atoms with Crippen molar-refractivity contribution < 1.29 is 14.3 Å². The molecule has 1 heterocycles. The van der Waals surface area contributed by atoms with Gasteiger partial charge in [0.1, 0.15) is 0 Å². The van der Waals surface area contributed by atoms with Crippen LogP contribution in [0, 0.1) is 17.8 Å². The summed E-state index contributed by atoms with van der Waals surface area (Å²) in [7, 11) is 3.45. The van der Waals surface area contributed by atoms with E-state index in [1.165, 1.54) is 4.90 Å². The van der Waals surface area contributed by atoms with Crippen molar-refractivity contribution in [3.8, 4) is 0 Å². The lowest BCUT2D eigenvalue weighted by atomic mass is 10.00. The Morgan fingerprint density at radius 1 is 1.32 bits per heavy atom. The maximum Gasteiger partial charge on any atom is 0.233 e. The van der Waals surface area contributed by atoms with Crippen molar-refractivity contribution in [1.82, 2.24) is 10.2 Å². The normalized spacial score (nSPS) is 31.9. The Bertz CT molecular complexity index is 335. The molecule has 2 fully saturated rings. The molecule has 0 bridgehead atoms. The van der Waals surface area contributed by atoms with E-state index >= 15 is 0 Å². The van der Waals surface area contributed by atoms with Crippen molar-refractivity contribution in [3.63, 3.8) is 0 Å². The summed E-state index contributed by atoms with van der Waals surface area (Å²) in [6.45, 7) is 3.06. The molecule has 0 aromatic heterocycles. The lowest BCUT2D eigenvalue weighted by molar-refractivity contribution is -0.141. The number of amides is 2. The van der Waals surface area contributed by atoms with Gasteiger partial charge in [-0.1, -0.05) is 13.3 Å². The van der Waals surface area contributed by atoms with Crippen molar-refractivity contribution in [1.29, 1.82) is 0 Å². The number of hydrogen-bond donors (Lipinski definition) is 1. The predicted molar refractivity (Wildman–Crippen MR) is 71.4 cm³/mol. The van der Waals surface area contributed by atoms with Crippen LogP contribution < -0.4 is 5.32 Å². The maximum atomic E-state index is 12.4. The molecule has 1 N–H and O–H groups in total. The van der Waals surface area contributed by atoms with E-state index in [0.717, 1.165) is 19.3 Å². The molecule has 1 aliphatic heterocycles. The Kier molecular flexibility index (Phi) is 4.58. The highest BCUT2D eigenvalue weighted by Gasteiger charge is 2.52. The zero-order chi connectivity index (χ0) is 14.0. The Hall–Kier alpha value is -0.940. The highest BCUT2D eigenvalue weighted by Crippen LogP contribution is 2.44. The standard InChI is InChI=1S/C14H24N2O3/c1-4-9-5-11-12(6-9)14(18)16(13(11)17)7-10(15-2)8-19-3/h9-12,15H,4-8H2,1-3H3. The number of methoxy groups -OCH3 is 1. The molecule has 1 saturated heterocycles. The largest absolute Gasteiger partial charge is 0.383 e. The molecule has 19 heavy (non-hydrogen) atoms. The third-order valence-corrected chi connectivity index (χ3v) is 4.58. The number of imide groups is 1. The smallest absolute Gasteiger partial charge is 0.233 e. The minimum Gasteiger partial charge on any atom is -0.383 e. The number of carbonyl (C=O) groups is 2. The van der Waals surface area contributed by atoms with Gasteiger partial charge in [0.2, 0.25) is 11.8 Å². The molecule has 1 aliphatic carbocycles. The molecule has 2 aliphatic rings. The van der Waals surface area contributed by atoms with Gasteiger partial charge >= 0.3 is 0 Å². The van der Waals surface area contributed by atoms with Crippen LogP contribution in [-0.4, -0.2) is 50.1 Å². The first-order valence-corrected chi connectivity index (χ1v) is 7.13. The van der Waals surface area contributed by atoms with Crippen LogP contribution in [0.5, 0.6) is 0 Å². The summed E-state index contributed by atoms with van der Waals surface area (Å²) in [6.07, 6.45) is 2.84. The molecule has 0 spiro atoms. The summed E-state index contributed by atoms with van der Waals surface area (Å²) in [5, 5.41) is 3.09. The zero-order valence-electron chi connectivity index (χ0n) is 12.0. The highest BCUT2D eigenvalue weighted by atomic mass is 16.5. The Morgan fingerprint density at radius 2 is 1.89 bits per heavy atom. The van der Waals surface area contributed by atoms with Gasteiger partial charge in [-0.05, 0) is 25.8 Å². The zero-order valence-corrected chi connectivity index (χ0v) is 12.0. The van der Waals surface area contributed by atoms with Gasteiger partial charge in [0.25, 0.3) is 0 Å². The van der Waals surface area contributed by atoms with E-state index in [1.54, 1.807) is 7.11 Å². The molecule has 1 saturated carbocycles. The van der Waals surface area contributed by atoms with Crippen molar-refractivity contribution in [3.05, 3.63) is 0 Å². The van der Waals surface area contributed by atoms with Crippen molar-refractivity contribution in [2.24, 2.45) is 17.8 Å². The van der Waals surface area contributed by atoms with Crippen LogP contribution in [0.4, 0.5) is 0 Å². The third-order valence-electron chi connectivity index (χ3n) is 4.58. The number of ether oxygens (including phenoxy) is 1. The summed E-state index contributed by atoms with van der Waals surface area (Å²) in [4.78, 5) is 26.1. The summed E-state index contributed by atoms with van der Waals surface area (Å²) in [5.41, 5.74) is 0. The van der Waals surface area contributed by atoms with Gasteiger partial charge in [-0.15, -0.1) is 0 Å². The Balaban J connectivity index is 2.02. The predicted octanol–water partition coefficient (Wildman–Crippen LogP) is 0.642. The van der Waals surface area contributed by atoms with Gasteiger partial charge < -0.3 is 10.1 Å². The second-order valence-corrected chi connectivity index (χ2v) is 5.69. The summed E-state index contributed by atoms with van der Waals surface area (Å²) in [6, 6.07) is 0.0127. The van der Waals surface area contributed by atoms with E-state index in [4.69, 9.17) is 4.74 Å². The van der Waals surface area contributed by atoms with Gasteiger partial charge in [0.05, 0.1) is 18.4 Å². The second kappa shape index (κ2) is 6.01. The van der Waals surface area contributed by atoms with E-state index in [2.05, 4.69) is 12.2 Å². The fourth-order valence-electron chi connectivity index (χ4n) is 3.36. The van der Waals surface area contributed by atoms with Crippen LogP contribution >= 0.6 is 0 Å². The SMILES string of the molecule is CCC1CC2C(=O)N(CC(COC)NC)C(=O)C2C1. The molecule has 0 aromatic carbocycles. The monoisotopic (exact) mass is 268 g/mol. The van der Waals surface area contributed by atoms with E-state index < -0.39 is 0 Å². The lowest BCUT2D eigenvalue weighted by Gasteiger charge is -2.23. The number of carbonyl (C=O) groups excluding carboxylic acids is 2. The van der Waals surface area contributed by atoms with Crippen molar-refractivity contribution >= 4 is 11.8 Å². The average Bonchev–Trinajstić information content (AvgIpc) is 2.93. The fourth-order valence-corrected chi connectivity index (χ4v) is 3.36. The first-order chi connectivity index (χ1) is 9.12. The molecule has 0 aromatic rings. The topological polar surface area (TPSA) is 58.6 Å². The molecule has 2 amide bonds. The third kappa shape index (κ3) is 2.67. The second-order valence-electron chi connectivity index (χ2n) is 5.69. The first-order valence-electron chi connectivity index (χ1n) is 7.13. The lowest BCUT2D eigenvalue weighted by Crippen LogP contribution is -2.45. The van der Waals surface area contributed by atoms with Gasteiger partial charge in [-0.25, -0.2) is 0 Å². The number of nitrogens with zero attached hydrogens (tertiary/aromatic N) is 1. The Morgan fingerprint density at radius 3 is 2.32 bits per heavy atom. The maximum absolute atomic E-state index is 12.4. The molecule has 0 radical (unpaired) electrons.